The van der Waals surface area contributed by atoms with Crippen LogP contribution < -0.4 is 5.32 Å². The molecule has 8 nitrogen and oxygen atoms in total. The van der Waals surface area contributed by atoms with Gasteiger partial charge in [-0.15, -0.1) is 0 Å². The monoisotopic (exact) mass is 411 g/mol. The molecule has 1 heterocycles. The fourth-order valence-electron chi connectivity index (χ4n) is 2.07. The van der Waals surface area contributed by atoms with Crippen molar-refractivity contribution in [3.05, 3.63) is 52.8 Å². The molecule has 2 aromatic rings. The van der Waals surface area contributed by atoms with Crippen LogP contribution in [-0.2, 0) is 19.6 Å². The van der Waals surface area contributed by atoms with E-state index in [1.807, 2.05) is 0 Å². The number of nitrogens with zero attached hydrogens (tertiary/aromatic N) is 2. The van der Waals surface area contributed by atoms with E-state index < -0.39 is 28.5 Å². The van der Waals surface area contributed by atoms with E-state index in [1.54, 1.807) is 19.1 Å². The fourth-order valence-corrected chi connectivity index (χ4v) is 3.16. The highest BCUT2D eigenvalue weighted by molar-refractivity contribution is 7.89. The van der Waals surface area contributed by atoms with Crippen molar-refractivity contribution in [3.8, 4) is 0 Å². The number of ether oxygens (including phenoxy) is 1. The van der Waals surface area contributed by atoms with Crippen LogP contribution in [0, 0.1) is 6.92 Å². The van der Waals surface area contributed by atoms with Crippen molar-refractivity contribution in [2.45, 2.75) is 11.8 Å². The van der Waals surface area contributed by atoms with E-state index in [4.69, 9.17) is 16.3 Å². The first kappa shape index (κ1) is 20.8. The van der Waals surface area contributed by atoms with Crippen molar-refractivity contribution >= 4 is 39.2 Å². The molecular weight excluding hydrogens is 394 g/mol. The van der Waals surface area contributed by atoms with Crippen LogP contribution in [-0.4, -0.2) is 50.3 Å². The minimum atomic E-state index is -3.70. The quantitative estimate of drug-likeness (QED) is 0.576. The summed E-state index contributed by atoms with van der Waals surface area (Å²) in [6, 6.07) is 7.27. The predicted molar refractivity (Wildman–Crippen MR) is 100 cm³/mol. The number of carbonyl (C=O) groups excluding carboxylic acids is 2. The molecule has 0 radical (unpaired) electrons. The fraction of sp³-hybridized carbons (Fsp3) is 0.235. The molecule has 0 fully saturated rings. The van der Waals surface area contributed by atoms with Crippen LogP contribution in [0.25, 0.3) is 0 Å². The zero-order chi connectivity index (χ0) is 20.2. The summed E-state index contributed by atoms with van der Waals surface area (Å²) in [4.78, 5) is 28.0. The van der Waals surface area contributed by atoms with Gasteiger partial charge in [0.05, 0.1) is 16.1 Å². The number of esters is 1. The number of carbonyl (C=O) groups is 2. The van der Waals surface area contributed by atoms with E-state index in [2.05, 4.69) is 10.3 Å². The van der Waals surface area contributed by atoms with Gasteiger partial charge in [0.2, 0.25) is 10.0 Å². The number of pyridine rings is 1. The zero-order valence-corrected chi connectivity index (χ0v) is 16.5. The van der Waals surface area contributed by atoms with Gasteiger partial charge in [-0.1, -0.05) is 17.7 Å². The second-order valence-corrected chi connectivity index (χ2v) is 8.24. The van der Waals surface area contributed by atoms with Gasteiger partial charge in [-0.3, -0.25) is 4.79 Å². The van der Waals surface area contributed by atoms with Gasteiger partial charge in [0.25, 0.3) is 5.91 Å². The van der Waals surface area contributed by atoms with E-state index in [-0.39, 0.29) is 21.3 Å². The maximum absolute atomic E-state index is 12.3. The van der Waals surface area contributed by atoms with E-state index in [9.17, 15) is 18.0 Å². The van der Waals surface area contributed by atoms with Gasteiger partial charge in [0, 0.05) is 20.3 Å². The number of sulfonamides is 1. The summed E-state index contributed by atoms with van der Waals surface area (Å²) in [5.74, 6) is -1.41. The van der Waals surface area contributed by atoms with Crippen LogP contribution in [0.4, 0.5) is 5.69 Å². The third-order valence-corrected chi connectivity index (χ3v) is 5.69. The summed E-state index contributed by atoms with van der Waals surface area (Å²) >= 11 is 5.84. The van der Waals surface area contributed by atoms with Crippen molar-refractivity contribution in [1.82, 2.24) is 9.29 Å². The van der Waals surface area contributed by atoms with Crippen LogP contribution >= 0.6 is 11.6 Å². The highest BCUT2D eigenvalue weighted by atomic mass is 35.5. The number of hydrogen-bond donors (Lipinski definition) is 1. The molecule has 0 bridgehead atoms. The molecule has 2 rings (SSSR count). The maximum Gasteiger partial charge on any atom is 0.338 e. The number of amides is 1. The van der Waals surface area contributed by atoms with Crippen LogP contribution in [0.3, 0.4) is 0 Å². The Hall–Kier alpha value is -2.49. The summed E-state index contributed by atoms with van der Waals surface area (Å²) in [5.41, 5.74) is 0.869. The number of halogens is 1. The van der Waals surface area contributed by atoms with Gasteiger partial charge in [-0.2, -0.15) is 0 Å². The van der Waals surface area contributed by atoms with Crippen LogP contribution in [0.2, 0.25) is 5.15 Å². The molecule has 1 aromatic heterocycles. The summed E-state index contributed by atoms with van der Waals surface area (Å²) in [6.07, 6.45) is 1.47. The molecule has 0 spiro atoms. The first-order valence-corrected chi connectivity index (χ1v) is 9.55. The minimum Gasteiger partial charge on any atom is -0.452 e. The number of hydrogen-bond acceptors (Lipinski definition) is 6. The van der Waals surface area contributed by atoms with Crippen molar-refractivity contribution in [3.63, 3.8) is 0 Å². The second kappa shape index (κ2) is 8.47. The average molecular weight is 412 g/mol. The maximum atomic E-state index is 12.3. The Morgan fingerprint density at radius 2 is 1.96 bits per heavy atom. The number of nitrogens with one attached hydrogen (secondary N) is 1. The largest absolute Gasteiger partial charge is 0.452 e. The zero-order valence-electron chi connectivity index (χ0n) is 14.9. The number of aromatic nitrogens is 1. The number of benzene rings is 1. The molecule has 0 atom stereocenters. The Bertz CT molecular complexity index is 976. The van der Waals surface area contributed by atoms with Gasteiger partial charge in [0.15, 0.2) is 11.8 Å². The van der Waals surface area contributed by atoms with E-state index in [0.29, 0.717) is 5.56 Å². The molecule has 1 amide bonds. The topological polar surface area (TPSA) is 106 Å². The smallest absolute Gasteiger partial charge is 0.338 e. The standard InChI is InChI=1S/C17H18ClN3O5S/c1-11-6-7-12(27(24,25)21(2)3)9-13(11)17(23)26-10-15(22)20-14-5-4-8-19-16(14)18/h4-9H,10H2,1-3H3,(H,20,22). The molecule has 0 aliphatic heterocycles. The van der Waals surface area contributed by atoms with Gasteiger partial charge < -0.3 is 10.1 Å². The highest BCUT2D eigenvalue weighted by Gasteiger charge is 2.21. The Kier molecular flexibility index (Phi) is 6.53. The van der Waals surface area contributed by atoms with Crippen molar-refractivity contribution in [1.29, 1.82) is 0 Å². The summed E-state index contributed by atoms with van der Waals surface area (Å²) in [6.45, 7) is 1.08. The number of rotatable bonds is 6. The third kappa shape index (κ3) is 5.03. The lowest BCUT2D eigenvalue weighted by molar-refractivity contribution is -0.119. The molecule has 27 heavy (non-hydrogen) atoms. The minimum absolute atomic E-state index is 0.0448. The Morgan fingerprint density at radius 1 is 1.26 bits per heavy atom. The molecule has 0 unspecified atom stereocenters. The average Bonchev–Trinajstić information content (AvgIpc) is 2.61. The predicted octanol–water partition coefficient (Wildman–Crippen LogP) is 2.09. The van der Waals surface area contributed by atoms with Crippen LogP contribution in [0.1, 0.15) is 15.9 Å². The molecule has 0 aliphatic carbocycles. The normalized spacial score (nSPS) is 11.3. The van der Waals surface area contributed by atoms with Gasteiger partial charge in [-0.05, 0) is 36.8 Å². The lowest BCUT2D eigenvalue weighted by Gasteiger charge is -2.13. The third-order valence-electron chi connectivity index (χ3n) is 3.58. The van der Waals surface area contributed by atoms with Gasteiger partial charge in [0.1, 0.15) is 0 Å². The van der Waals surface area contributed by atoms with Crippen molar-refractivity contribution in [2.24, 2.45) is 0 Å². The Morgan fingerprint density at radius 3 is 2.59 bits per heavy atom. The number of aryl methyl sites for hydroxylation is 1. The van der Waals surface area contributed by atoms with Crippen molar-refractivity contribution < 1.29 is 22.7 Å². The van der Waals surface area contributed by atoms with E-state index >= 15 is 0 Å². The first-order valence-electron chi connectivity index (χ1n) is 7.73. The second-order valence-electron chi connectivity index (χ2n) is 5.73. The Labute approximate surface area is 162 Å². The number of anilines is 1. The van der Waals surface area contributed by atoms with Crippen molar-refractivity contribution in [2.75, 3.05) is 26.0 Å². The molecule has 0 aliphatic rings. The summed E-state index contributed by atoms with van der Waals surface area (Å²) in [5, 5.41) is 2.58. The molecule has 10 heteroatoms. The van der Waals surface area contributed by atoms with Gasteiger partial charge in [-0.25, -0.2) is 22.5 Å². The van der Waals surface area contributed by atoms with Crippen LogP contribution in [0.5, 0.6) is 0 Å². The molecule has 0 saturated carbocycles. The summed E-state index contributed by atoms with van der Waals surface area (Å²) < 4.78 is 30.4. The molecule has 1 N–H and O–H groups in total. The van der Waals surface area contributed by atoms with E-state index in [1.165, 1.54) is 38.5 Å². The molecule has 144 valence electrons. The van der Waals surface area contributed by atoms with Crippen LogP contribution in [0.15, 0.2) is 41.4 Å². The van der Waals surface area contributed by atoms with E-state index in [0.717, 1.165) is 4.31 Å². The SMILES string of the molecule is Cc1ccc(S(=O)(=O)N(C)C)cc1C(=O)OCC(=O)Nc1cccnc1Cl. The molecule has 0 saturated heterocycles. The molecular formula is C17H18ClN3O5S. The Balaban J connectivity index is 2.10. The summed E-state index contributed by atoms with van der Waals surface area (Å²) in [7, 11) is -0.922. The lowest BCUT2D eigenvalue weighted by atomic mass is 10.1. The van der Waals surface area contributed by atoms with Gasteiger partial charge >= 0.3 is 5.97 Å². The first-order chi connectivity index (χ1) is 12.6. The highest BCUT2D eigenvalue weighted by Crippen LogP contribution is 2.19. The lowest BCUT2D eigenvalue weighted by Crippen LogP contribution is -2.23. The molecule has 1 aromatic carbocycles.